The van der Waals surface area contributed by atoms with Gasteiger partial charge in [0.15, 0.2) is 0 Å². The molecule has 24 heavy (non-hydrogen) atoms. The van der Waals surface area contributed by atoms with Crippen LogP contribution >= 0.6 is 12.4 Å². The molecule has 0 spiro atoms. The van der Waals surface area contributed by atoms with E-state index < -0.39 is 0 Å². The lowest BCUT2D eigenvalue weighted by Gasteiger charge is -2.36. The van der Waals surface area contributed by atoms with Gasteiger partial charge in [0.05, 0.1) is 7.11 Å². The summed E-state index contributed by atoms with van der Waals surface area (Å²) in [4.78, 5) is 2.54. The second-order valence-corrected chi connectivity index (χ2v) is 7.15. The molecule has 130 valence electrons. The summed E-state index contributed by atoms with van der Waals surface area (Å²) in [7, 11) is 4.05. The van der Waals surface area contributed by atoms with Crippen LogP contribution in [0.4, 0.5) is 0 Å². The van der Waals surface area contributed by atoms with E-state index in [1.165, 1.54) is 42.0 Å². The third-order valence-corrected chi connectivity index (χ3v) is 5.70. The summed E-state index contributed by atoms with van der Waals surface area (Å²) in [5.41, 5.74) is 1.32. The Morgan fingerprint density at radius 2 is 1.79 bits per heavy atom. The molecule has 4 rings (SSSR count). The van der Waals surface area contributed by atoms with Crippen LogP contribution in [0.3, 0.4) is 0 Å². The average Bonchev–Trinajstić information content (AvgIpc) is 2.93. The van der Waals surface area contributed by atoms with E-state index in [9.17, 15) is 0 Å². The highest BCUT2D eigenvalue weighted by molar-refractivity contribution is 5.87. The number of methoxy groups -OCH3 is 1. The van der Waals surface area contributed by atoms with E-state index >= 15 is 0 Å². The van der Waals surface area contributed by atoms with Crippen molar-refractivity contribution in [2.24, 2.45) is 0 Å². The fourth-order valence-electron chi connectivity index (χ4n) is 4.44. The Bertz CT molecular complexity index is 693. The normalized spacial score (nSPS) is 25.7. The van der Waals surface area contributed by atoms with Gasteiger partial charge in [0, 0.05) is 30.2 Å². The lowest BCUT2D eigenvalue weighted by molar-refractivity contribution is 0.165. The second-order valence-electron chi connectivity index (χ2n) is 7.15. The predicted molar refractivity (Wildman–Crippen MR) is 102 cm³/mol. The minimum Gasteiger partial charge on any atom is -0.496 e. The molecule has 0 aromatic heterocycles. The van der Waals surface area contributed by atoms with Crippen LogP contribution in [0.15, 0.2) is 36.4 Å². The number of ether oxygens (including phenoxy) is 1. The molecular weight excluding hydrogens is 320 g/mol. The first-order valence-electron chi connectivity index (χ1n) is 8.75. The maximum atomic E-state index is 5.66. The molecule has 4 heteroatoms. The van der Waals surface area contributed by atoms with Crippen LogP contribution in [0.25, 0.3) is 10.8 Å². The SMILES string of the molecule is COc1ccc2ccccc2c1CN(C)C1CC2CCC(C1)N2.Cl. The molecule has 0 saturated carbocycles. The highest BCUT2D eigenvalue weighted by atomic mass is 35.5. The third kappa shape index (κ3) is 3.26. The third-order valence-electron chi connectivity index (χ3n) is 5.70. The van der Waals surface area contributed by atoms with Crippen LogP contribution < -0.4 is 10.1 Å². The average molecular weight is 347 g/mol. The zero-order chi connectivity index (χ0) is 15.8. The number of nitrogens with one attached hydrogen (secondary N) is 1. The van der Waals surface area contributed by atoms with Crippen molar-refractivity contribution in [2.45, 2.75) is 50.4 Å². The van der Waals surface area contributed by atoms with Crippen molar-refractivity contribution in [3.63, 3.8) is 0 Å². The fourth-order valence-corrected chi connectivity index (χ4v) is 4.44. The zero-order valence-electron chi connectivity index (χ0n) is 14.5. The molecule has 0 aliphatic carbocycles. The zero-order valence-corrected chi connectivity index (χ0v) is 15.3. The monoisotopic (exact) mass is 346 g/mol. The molecule has 2 saturated heterocycles. The molecule has 2 bridgehead atoms. The van der Waals surface area contributed by atoms with E-state index in [0.717, 1.165) is 24.4 Å². The Hall–Kier alpha value is -1.29. The van der Waals surface area contributed by atoms with Gasteiger partial charge in [-0.3, -0.25) is 4.90 Å². The van der Waals surface area contributed by atoms with E-state index in [4.69, 9.17) is 4.74 Å². The molecule has 2 aliphatic heterocycles. The van der Waals surface area contributed by atoms with Crippen molar-refractivity contribution in [3.05, 3.63) is 42.0 Å². The molecule has 2 heterocycles. The number of piperidine rings is 1. The summed E-state index contributed by atoms with van der Waals surface area (Å²) in [5, 5.41) is 6.35. The van der Waals surface area contributed by atoms with E-state index in [1.54, 1.807) is 7.11 Å². The summed E-state index contributed by atoms with van der Waals surface area (Å²) >= 11 is 0. The number of fused-ring (bicyclic) bond motifs is 3. The summed E-state index contributed by atoms with van der Waals surface area (Å²) in [5.74, 6) is 1.01. The molecule has 0 radical (unpaired) electrons. The van der Waals surface area contributed by atoms with E-state index in [-0.39, 0.29) is 12.4 Å². The maximum Gasteiger partial charge on any atom is 0.123 e. The van der Waals surface area contributed by atoms with E-state index in [0.29, 0.717) is 6.04 Å². The van der Waals surface area contributed by atoms with Crippen molar-refractivity contribution in [1.82, 2.24) is 10.2 Å². The molecule has 2 unspecified atom stereocenters. The van der Waals surface area contributed by atoms with Crippen molar-refractivity contribution < 1.29 is 4.74 Å². The first kappa shape index (κ1) is 17.5. The van der Waals surface area contributed by atoms with Crippen molar-refractivity contribution >= 4 is 23.2 Å². The largest absolute Gasteiger partial charge is 0.496 e. The number of halogens is 1. The molecule has 2 atom stereocenters. The van der Waals surface area contributed by atoms with Gasteiger partial charge in [-0.2, -0.15) is 0 Å². The van der Waals surface area contributed by atoms with Gasteiger partial charge in [0.1, 0.15) is 5.75 Å². The number of rotatable bonds is 4. The molecular formula is C20H27ClN2O. The predicted octanol–water partition coefficient (Wildman–Crippen LogP) is 3.99. The van der Waals surface area contributed by atoms with Crippen LogP contribution in [0, 0.1) is 0 Å². The fraction of sp³-hybridized carbons (Fsp3) is 0.500. The van der Waals surface area contributed by atoms with E-state index in [2.05, 4.69) is 53.7 Å². The molecule has 3 nitrogen and oxygen atoms in total. The van der Waals surface area contributed by atoms with Crippen molar-refractivity contribution in [3.8, 4) is 5.75 Å². The van der Waals surface area contributed by atoms with Gasteiger partial charge in [-0.1, -0.05) is 30.3 Å². The summed E-state index contributed by atoms with van der Waals surface area (Å²) in [6.07, 6.45) is 5.26. The van der Waals surface area contributed by atoms with Crippen LogP contribution in [0.5, 0.6) is 5.75 Å². The van der Waals surface area contributed by atoms with Gasteiger partial charge in [-0.25, -0.2) is 0 Å². The molecule has 1 N–H and O–H groups in total. The smallest absolute Gasteiger partial charge is 0.123 e. The van der Waals surface area contributed by atoms with Gasteiger partial charge in [0.2, 0.25) is 0 Å². The molecule has 0 amide bonds. The van der Waals surface area contributed by atoms with Gasteiger partial charge >= 0.3 is 0 Å². The van der Waals surface area contributed by atoms with E-state index in [1.807, 2.05) is 0 Å². The number of hydrogen-bond acceptors (Lipinski definition) is 3. The van der Waals surface area contributed by atoms with Crippen LogP contribution in [-0.4, -0.2) is 37.2 Å². The van der Waals surface area contributed by atoms with Gasteiger partial charge in [-0.05, 0) is 49.6 Å². The molecule has 2 fully saturated rings. The number of nitrogens with zero attached hydrogens (tertiary/aromatic N) is 1. The van der Waals surface area contributed by atoms with Crippen LogP contribution in [-0.2, 0) is 6.54 Å². The molecule has 2 aliphatic rings. The summed E-state index contributed by atoms with van der Waals surface area (Å²) in [6, 6.07) is 15.0. The lowest BCUT2D eigenvalue weighted by Crippen LogP contribution is -2.46. The van der Waals surface area contributed by atoms with Gasteiger partial charge in [-0.15, -0.1) is 12.4 Å². The quantitative estimate of drug-likeness (QED) is 0.906. The first-order chi connectivity index (χ1) is 11.2. The van der Waals surface area contributed by atoms with Crippen molar-refractivity contribution in [2.75, 3.05) is 14.2 Å². The Kier molecular flexibility index (Phi) is 5.33. The van der Waals surface area contributed by atoms with Gasteiger partial charge < -0.3 is 10.1 Å². The lowest BCUT2D eigenvalue weighted by atomic mass is 9.97. The van der Waals surface area contributed by atoms with Crippen molar-refractivity contribution in [1.29, 1.82) is 0 Å². The Morgan fingerprint density at radius 1 is 1.08 bits per heavy atom. The van der Waals surface area contributed by atoms with Crippen LogP contribution in [0.1, 0.15) is 31.2 Å². The number of benzene rings is 2. The second kappa shape index (κ2) is 7.30. The number of hydrogen-bond donors (Lipinski definition) is 1. The summed E-state index contributed by atoms with van der Waals surface area (Å²) < 4.78 is 5.66. The highest BCUT2D eigenvalue weighted by Gasteiger charge is 2.35. The Balaban J connectivity index is 0.00000169. The Labute approximate surface area is 150 Å². The minimum atomic E-state index is 0. The standard InChI is InChI=1S/C20H26N2O.ClH/c1-22(17-11-15-8-9-16(12-17)21-15)13-19-18-6-4-3-5-14(18)7-10-20(19)23-2;/h3-7,10,15-17,21H,8-9,11-13H2,1-2H3;1H. The highest BCUT2D eigenvalue weighted by Crippen LogP contribution is 2.33. The first-order valence-corrected chi connectivity index (χ1v) is 8.75. The van der Waals surface area contributed by atoms with Crippen LogP contribution in [0.2, 0.25) is 0 Å². The molecule has 2 aromatic carbocycles. The topological polar surface area (TPSA) is 24.5 Å². The Morgan fingerprint density at radius 3 is 2.50 bits per heavy atom. The summed E-state index contributed by atoms with van der Waals surface area (Å²) in [6.45, 7) is 0.953. The molecule has 2 aromatic rings. The maximum absolute atomic E-state index is 5.66. The van der Waals surface area contributed by atoms with Gasteiger partial charge in [0.25, 0.3) is 0 Å². The minimum absolute atomic E-state index is 0.